The molecule has 1 fully saturated rings. The lowest BCUT2D eigenvalue weighted by molar-refractivity contribution is 0.296. The van der Waals surface area contributed by atoms with Gasteiger partial charge in [0.15, 0.2) is 0 Å². The number of nitrogens with one attached hydrogen (secondary N) is 1. The Labute approximate surface area is 108 Å². The third-order valence-electron chi connectivity index (χ3n) is 2.89. The lowest BCUT2D eigenvalue weighted by Crippen LogP contribution is -2.22. The van der Waals surface area contributed by atoms with Crippen LogP contribution in [0.15, 0.2) is 18.2 Å². The first kappa shape index (κ1) is 12.7. The predicted molar refractivity (Wildman–Crippen MR) is 71.6 cm³/mol. The molecule has 1 aromatic rings. The highest BCUT2D eigenvalue weighted by Gasteiger charge is 2.22. The van der Waals surface area contributed by atoms with Crippen LogP contribution in [0, 0.1) is 5.92 Å². The fraction of sp³-hybridized carbons (Fsp3) is 0.571. The van der Waals surface area contributed by atoms with E-state index < -0.39 is 0 Å². The number of hydrogen-bond donors (Lipinski definition) is 1. The molecule has 0 unspecified atom stereocenters. The minimum Gasteiger partial charge on any atom is -0.493 e. The minimum absolute atomic E-state index is 0.463. The maximum atomic E-state index is 6.02. The summed E-state index contributed by atoms with van der Waals surface area (Å²) >= 11 is 6.02. The lowest BCUT2D eigenvalue weighted by atomic mass is 10.2. The van der Waals surface area contributed by atoms with Gasteiger partial charge in [0.2, 0.25) is 0 Å². The average molecular weight is 254 g/mol. The van der Waals surface area contributed by atoms with Gasteiger partial charge in [0.1, 0.15) is 5.75 Å². The molecular formula is C14H20ClNO. The molecule has 0 atom stereocenters. The summed E-state index contributed by atoms with van der Waals surface area (Å²) in [6, 6.07) is 6.31. The molecule has 2 rings (SSSR count). The Morgan fingerprint density at radius 1 is 1.41 bits per heavy atom. The van der Waals surface area contributed by atoms with Gasteiger partial charge in [-0.05, 0) is 37.0 Å². The van der Waals surface area contributed by atoms with E-state index in [-0.39, 0.29) is 0 Å². The Morgan fingerprint density at radius 2 is 2.18 bits per heavy atom. The zero-order chi connectivity index (χ0) is 12.3. The van der Waals surface area contributed by atoms with Gasteiger partial charge in [-0.3, -0.25) is 0 Å². The molecule has 1 aliphatic rings. The average Bonchev–Trinajstić information content (AvgIpc) is 3.09. The van der Waals surface area contributed by atoms with Crippen molar-refractivity contribution in [3.63, 3.8) is 0 Å². The number of hydrogen-bond acceptors (Lipinski definition) is 2. The van der Waals surface area contributed by atoms with Crippen LogP contribution >= 0.6 is 11.6 Å². The second kappa shape index (κ2) is 5.74. The van der Waals surface area contributed by atoms with Gasteiger partial charge in [0.25, 0.3) is 0 Å². The molecule has 0 bridgehead atoms. The smallest absolute Gasteiger partial charge is 0.123 e. The van der Waals surface area contributed by atoms with E-state index in [9.17, 15) is 0 Å². The van der Waals surface area contributed by atoms with E-state index in [2.05, 4.69) is 19.2 Å². The van der Waals surface area contributed by atoms with Crippen LogP contribution in [0.3, 0.4) is 0 Å². The number of benzene rings is 1. The first-order valence-corrected chi connectivity index (χ1v) is 6.67. The minimum atomic E-state index is 0.463. The van der Waals surface area contributed by atoms with E-state index in [0.717, 1.165) is 35.4 Å². The molecule has 3 heteroatoms. The van der Waals surface area contributed by atoms with E-state index in [1.165, 1.54) is 12.8 Å². The summed E-state index contributed by atoms with van der Waals surface area (Å²) in [7, 11) is 0. The van der Waals surface area contributed by atoms with Gasteiger partial charge in [-0.2, -0.15) is 0 Å². The zero-order valence-corrected chi connectivity index (χ0v) is 11.3. The first-order chi connectivity index (χ1) is 8.15. The van der Waals surface area contributed by atoms with Gasteiger partial charge in [-0.1, -0.05) is 25.4 Å². The van der Waals surface area contributed by atoms with Crippen molar-refractivity contribution in [2.75, 3.05) is 6.61 Å². The highest BCUT2D eigenvalue weighted by molar-refractivity contribution is 6.30. The number of rotatable bonds is 6. The van der Waals surface area contributed by atoms with Gasteiger partial charge < -0.3 is 10.1 Å². The van der Waals surface area contributed by atoms with Gasteiger partial charge in [-0.15, -0.1) is 0 Å². The molecule has 94 valence electrons. The lowest BCUT2D eigenvalue weighted by Gasteiger charge is -2.14. The standard InChI is InChI=1S/C14H20ClNO/c1-10(2)16-8-12-7-13(15)5-6-14(12)17-9-11-3-4-11/h5-7,10-11,16H,3-4,8-9H2,1-2H3. The highest BCUT2D eigenvalue weighted by atomic mass is 35.5. The number of ether oxygens (including phenoxy) is 1. The molecule has 0 aromatic heterocycles. The second-order valence-corrected chi connectivity index (χ2v) is 5.48. The molecule has 2 nitrogen and oxygen atoms in total. The molecule has 17 heavy (non-hydrogen) atoms. The zero-order valence-electron chi connectivity index (χ0n) is 10.5. The van der Waals surface area contributed by atoms with Crippen LogP contribution in [0.4, 0.5) is 0 Å². The van der Waals surface area contributed by atoms with Crippen molar-refractivity contribution in [1.82, 2.24) is 5.32 Å². The molecule has 1 aliphatic carbocycles. The Hall–Kier alpha value is -0.730. The molecular weight excluding hydrogens is 234 g/mol. The van der Waals surface area contributed by atoms with Gasteiger partial charge in [0.05, 0.1) is 6.61 Å². The SMILES string of the molecule is CC(C)NCc1cc(Cl)ccc1OCC1CC1. The summed E-state index contributed by atoms with van der Waals surface area (Å²) in [5, 5.41) is 4.16. The van der Waals surface area contributed by atoms with Gasteiger partial charge >= 0.3 is 0 Å². The summed E-state index contributed by atoms with van der Waals surface area (Å²) in [6.07, 6.45) is 2.63. The second-order valence-electron chi connectivity index (χ2n) is 5.04. The maximum Gasteiger partial charge on any atom is 0.123 e. The molecule has 1 saturated carbocycles. The van der Waals surface area contributed by atoms with Crippen LogP contribution in [0.2, 0.25) is 5.02 Å². The van der Waals surface area contributed by atoms with E-state index >= 15 is 0 Å². The van der Waals surface area contributed by atoms with Crippen LogP contribution in [-0.2, 0) is 6.54 Å². The van der Waals surface area contributed by atoms with Crippen LogP contribution < -0.4 is 10.1 Å². The fourth-order valence-corrected chi connectivity index (χ4v) is 1.83. The molecule has 0 aliphatic heterocycles. The molecule has 0 radical (unpaired) electrons. The van der Waals surface area contributed by atoms with Crippen molar-refractivity contribution in [3.05, 3.63) is 28.8 Å². The van der Waals surface area contributed by atoms with Crippen molar-refractivity contribution >= 4 is 11.6 Å². The fourth-order valence-electron chi connectivity index (χ4n) is 1.63. The molecule has 0 amide bonds. The van der Waals surface area contributed by atoms with Crippen molar-refractivity contribution in [2.24, 2.45) is 5.92 Å². The molecule has 0 heterocycles. The van der Waals surface area contributed by atoms with Crippen LogP contribution in [0.25, 0.3) is 0 Å². The summed E-state index contributed by atoms with van der Waals surface area (Å²) in [5.74, 6) is 1.74. The predicted octanol–water partition coefficient (Wildman–Crippen LogP) is 3.63. The summed E-state index contributed by atoms with van der Waals surface area (Å²) < 4.78 is 5.85. The molecule has 1 aromatic carbocycles. The first-order valence-electron chi connectivity index (χ1n) is 6.30. The largest absolute Gasteiger partial charge is 0.493 e. The maximum absolute atomic E-state index is 6.02. The van der Waals surface area contributed by atoms with Crippen molar-refractivity contribution < 1.29 is 4.74 Å². The molecule has 1 N–H and O–H groups in total. The monoisotopic (exact) mass is 253 g/mol. The Bertz CT molecular complexity index is 374. The Morgan fingerprint density at radius 3 is 2.82 bits per heavy atom. The molecule has 0 spiro atoms. The quantitative estimate of drug-likeness (QED) is 0.836. The Balaban J connectivity index is 2.00. The van der Waals surface area contributed by atoms with Crippen LogP contribution in [0.5, 0.6) is 5.75 Å². The summed E-state index contributed by atoms with van der Waals surface area (Å²) in [5.41, 5.74) is 1.15. The highest BCUT2D eigenvalue weighted by Crippen LogP contribution is 2.31. The van der Waals surface area contributed by atoms with Crippen LogP contribution in [0.1, 0.15) is 32.3 Å². The van der Waals surface area contributed by atoms with E-state index in [4.69, 9.17) is 16.3 Å². The summed E-state index contributed by atoms with van der Waals surface area (Å²) in [6.45, 7) is 5.92. The van der Waals surface area contributed by atoms with E-state index in [1.807, 2.05) is 18.2 Å². The van der Waals surface area contributed by atoms with Gasteiger partial charge in [0, 0.05) is 23.2 Å². The Kier molecular flexibility index (Phi) is 4.30. The van der Waals surface area contributed by atoms with Crippen molar-refractivity contribution in [3.8, 4) is 5.75 Å². The van der Waals surface area contributed by atoms with Gasteiger partial charge in [-0.25, -0.2) is 0 Å². The summed E-state index contributed by atoms with van der Waals surface area (Å²) in [4.78, 5) is 0. The topological polar surface area (TPSA) is 21.3 Å². The van der Waals surface area contributed by atoms with Crippen LogP contribution in [-0.4, -0.2) is 12.6 Å². The molecule has 0 saturated heterocycles. The van der Waals surface area contributed by atoms with Crippen molar-refractivity contribution in [2.45, 2.75) is 39.3 Å². The third-order valence-corrected chi connectivity index (χ3v) is 3.13. The van der Waals surface area contributed by atoms with E-state index in [0.29, 0.717) is 6.04 Å². The van der Waals surface area contributed by atoms with E-state index in [1.54, 1.807) is 0 Å². The number of halogens is 1. The van der Waals surface area contributed by atoms with Crippen molar-refractivity contribution in [1.29, 1.82) is 0 Å². The third kappa shape index (κ3) is 4.21. The normalized spacial score (nSPS) is 15.3.